The second kappa shape index (κ2) is 6.68. The lowest BCUT2D eigenvalue weighted by Gasteiger charge is -2.10. The van der Waals surface area contributed by atoms with Crippen molar-refractivity contribution in [3.05, 3.63) is 53.6 Å². The number of phenols is 1. The number of hydrogen-bond donors (Lipinski definition) is 3. The third-order valence-electron chi connectivity index (χ3n) is 2.42. The minimum Gasteiger partial charge on any atom is -0.506 e. The molecule has 0 aliphatic rings. The van der Waals surface area contributed by atoms with Crippen molar-refractivity contribution in [2.75, 3.05) is 12.0 Å². The standard InChI is InChI=1S/C14H13ClN2O3/c15-10-6-7-13(18)12(8-10)17-14(19)16-9-20-11-4-2-1-3-5-11/h1-8,18H,9H2,(H2,16,17,19). The van der Waals surface area contributed by atoms with Crippen LogP contribution in [0.15, 0.2) is 48.5 Å². The molecule has 0 unspecified atom stereocenters. The molecule has 5 nitrogen and oxygen atoms in total. The average Bonchev–Trinajstić information content (AvgIpc) is 2.44. The van der Waals surface area contributed by atoms with Crippen molar-refractivity contribution in [1.82, 2.24) is 5.32 Å². The highest BCUT2D eigenvalue weighted by molar-refractivity contribution is 6.31. The molecule has 2 amide bonds. The number of urea groups is 1. The first-order chi connectivity index (χ1) is 9.65. The maximum Gasteiger partial charge on any atom is 0.321 e. The summed E-state index contributed by atoms with van der Waals surface area (Å²) in [5.41, 5.74) is 0.231. The lowest BCUT2D eigenvalue weighted by atomic mass is 10.3. The molecule has 0 radical (unpaired) electrons. The van der Waals surface area contributed by atoms with Crippen molar-refractivity contribution in [3.8, 4) is 11.5 Å². The van der Waals surface area contributed by atoms with Gasteiger partial charge in [-0.3, -0.25) is 0 Å². The summed E-state index contributed by atoms with van der Waals surface area (Å²) >= 11 is 5.78. The fourth-order valence-electron chi connectivity index (χ4n) is 1.48. The summed E-state index contributed by atoms with van der Waals surface area (Å²) in [6.07, 6.45) is 0. The van der Waals surface area contributed by atoms with Crippen LogP contribution in [-0.4, -0.2) is 17.9 Å². The summed E-state index contributed by atoms with van der Waals surface area (Å²) in [5.74, 6) is 0.590. The van der Waals surface area contributed by atoms with E-state index in [0.29, 0.717) is 10.8 Å². The zero-order valence-electron chi connectivity index (χ0n) is 10.5. The maximum absolute atomic E-state index is 11.6. The number of hydrogen-bond acceptors (Lipinski definition) is 3. The molecule has 0 atom stereocenters. The normalized spacial score (nSPS) is 9.85. The van der Waals surface area contributed by atoms with Gasteiger partial charge in [-0.05, 0) is 30.3 Å². The SMILES string of the molecule is O=C(NCOc1ccccc1)Nc1cc(Cl)ccc1O. The van der Waals surface area contributed by atoms with Gasteiger partial charge in [0.2, 0.25) is 0 Å². The Bertz CT molecular complexity index is 590. The van der Waals surface area contributed by atoms with Crippen molar-refractivity contribution in [1.29, 1.82) is 0 Å². The first-order valence-corrected chi connectivity index (χ1v) is 6.24. The molecule has 104 valence electrons. The van der Waals surface area contributed by atoms with Crippen molar-refractivity contribution in [2.45, 2.75) is 0 Å². The maximum atomic E-state index is 11.6. The molecule has 0 fully saturated rings. The van der Waals surface area contributed by atoms with Crippen LogP contribution >= 0.6 is 11.6 Å². The van der Waals surface area contributed by atoms with Crippen LogP contribution in [0.1, 0.15) is 0 Å². The average molecular weight is 293 g/mol. The summed E-state index contributed by atoms with van der Waals surface area (Å²) in [6, 6.07) is 13.0. The Balaban J connectivity index is 1.82. The van der Waals surface area contributed by atoms with Gasteiger partial charge < -0.3 is 20.5 Å². The Labute approximate surface area is 121 Å². The molecule has 0 spiro atoms. The molecule has 6 heteroatoms. The predicted octanol–water partition coefficient (Wildman–Crippen LogP) is 3.20. The molecule has 2 rings (SSSR count). The molecule has 0 heterocycles. The lowest BCUT2D eigenvalue weighted by Crippen LogP contribution is -2.32. The molecule has 2 aromatic carbocycles. The number of anilines is 1. The number of carbonyl (C=O) groups excluding carboxylic acids is 1. The summed E-state index contributed by atoms with van der Waals surface area (Å²) < 4.78 is 5.31. The number of para-hydroxylation sites is 1. The van der Waals surface area contributed by atoms with Gasteiger partial charge in [-0.1, -0.05) is 29.8 Å². The van der Waals surface area contributed by atoms with Crippen LogP contribution in [0.5, 0.6) is 11.5 Å². The summed E-state index contributed by atoms with van der Waals surface area (Å²) in [7, 11) is 0. The van der Waals surface area contributed by atoms with Gasteiger partial charge in [0.25, 0.3) is 0 Å². The number of rotatable bonds is 4. The molecule has 0 aliphatic heterocycles. The van der Waals surface area contributed by atoms with Crippen molar-refractivity contribution >= 4 is 23.3 Å². The third kappa shape index (κ3) is 4.07. The molecule has 0 saturated heterocycles. The molecule has 2 aromatic rings. The van der Waals surface area contributed by atoms with Crippen molar-refractivity contribution in [3.63, 3.8) is 0 Å². The molecular weight excluding hydrogens is 280 g/mol. The number of ether oxygens (including phenoxy) is 1. The number of halogens is 1. The van der Waals surface area contributed by atoms with E-state index in [4.69, 9.17) is 16.3 Å². The first-order valence-electron chi connectivity index (χ1n) is 5.86. The minimum atomic E-state index is -0.501. The van der Waals surface area contributed by atoms with Gasteiger partial charge in [0.1, 0.15) is 11.5 Å². The van der Waals surface area contributed by atoms with Crippen LogP contribution in [0.3, 0.4) is 0 Å². The third-order valence-corrected chi connectivity index (χ3v) is 2.66. The van der Waals surface area contributed by atoms with Gasteiger partial charge in [0, 0.05) is 5.02 Å². The zero-order chi connectivity index (χ0) is 14.4. The van der Waals surface area contributed by atoms with Gasteiger partial charge in [0.05, 0.1) is 5.69 Å². The molecule has 0 aromatic heterocycles. The zero-order valence-corrected chi connectivity index (χ0v) is 11.2. The highest BCUT2D eigenvalue weighted by atomic mass is 35.5. The molecular formula is C14H13ClN2O3. The van der Waals surface area contributed by atoms with E-state index in [1.165, 1.54) is 18.2 Å². The van der Waals surface area contributed by atoms with E-state index in [9.17, 15) is 9.90 Å². The van der Waals surface area contributed by atoms with Crippen LogP contribution in [-0.2, 0) is 0 Å². The number of carbonyl (C=O) groups is 1. The second-order valence-corrected chi connectivity index (χ2v) is 4.33. The Morgan fingerprint density at radius 1 is 1.20 bits per heavy atom. The van der Waals surface area contributed by atoms with E-state index in [1.807, 2.05) is 18.2 Å². The van der Waals surface area contributed by atoms with Crippen LogP contribution < -0.4 is 15.4 Å². The smallest absolute Gasteiger partial charge is 0.321 e. The van der Waals surface area contributed by atoms with Crippen LogP contribution in [0.2, 0.25) is 5.02 Å². The van der Waals surface area contributed by atoms with Crippen LogP contribution in [0.4, 0.5) is 10.5 Å². The fraction of sp³-hybridized carbons (Fsp3) is 0.0714. The van der Waals surface area contributed by atoms with E-state index in [0.717, 1.165) is 0 Å². The van der Waals surface area contributed by atoms with Gasteiger partial charge in [-0.25, -0.2) is 4.79 Å². The van der Waals surface area contributed by atoms with Gasteiger partial charge >= 0.3 is 6.03 Å². The summed E-state index contributed by atoms with van der Waals surface area (Å²) in [4.78, 5) is 11.6. The van der Waals surface area contributed by atoms with Crippen LogP contribution in [0, 0.1) is 0 Å². The van der Waals surface area contributed by atoms with Crippen molar-refractivity contribution in [2.24, 2.45) is 0 Å². The number of amides is 2. The molecule has 0 aliphatic carbocycles. The monoisotopic (exact) mass is 292 g/mol. The molecule has 3 N–H and O–H groups in total. The number of phenolic OH excluding ortho intramolecular Hbond substituents is 1. The van der Waals surface area contributed by atoms with E-state index in [2.05, 4.69) is 10.6 Å². The number of benzene rings is 2. The number of aromatic hydroxyl groups is 1. The Morgan fingerprint density at radius 3 is 2.70 bits per heavy atom. The fourth-order valence-corrected chi connectivity index (χ4v) is 1.65. The largest absolute Gasteiger partial charge is 0.506 e. The Morgan fingerprint density at radius 2 is 1.95 bits per heavy atom. The van der Waals surface area contributed by atoms with Gasteiger partial charge in [-0.2, -0.15) is 0 Å². The highest BCUT2D eigenvalue weighted by Crippen LogP contribution is 2.26. The van der Waals surface area contributed by atoms with Gasteiger partial charge in [-0.15, -0.1) is 0 Å². The molecule has 0 saturated carbocycles. The summed E-state index contributed by atoms with van der Waals surface area (Å²) in [6.45, 7) is 0.0111. The summed E-state index contributed by atoms with van der Waals surface area (Å²) in [5, 5.41) is 14.9. The van der Waals surface area contributed by atoms with E-state index >= 15 is 0 Å². The highest BCUT2D eigenvalue weighted by Gasteiger charge is 2.06. The van der Waals surface area contributed by atoms with E-state index < -0.39 is 6.03 Å². The lowest BCUT2D eigenvalue weighted by molar-refractivity contribution is 0.234. The van der Waals surface area contributed by atoms with Crippen LogP contribution in [0.25, 0.3) is 0 Å². The van der Waals surface area contributed by atoms with E-state index in [-0.39, 0.29) is 18.2 Å². The minimum absolute atomic E-state index is 0.0111. The number of nitrogens with one attached hydrogen (secondary N) is 2. The molecule has 20 heavy (non-hydrogen) atoms. The Hall–Kier alpha value is -2.40. The quantitative estimate of drug-likeness (QED) is 0.598. The van der Waals surface area contributed by atoms with E-state index in [1.54, 1.807) is 12.1 Å². The second-order valence-electron chi connectivity index (χ2n) is 3.89. The first kappa shape index (κ1) is 14.0. The van der Waals surface area contributed by atoms with Crippen molar-refractivity contribution < 1.29 is 14.6 Å². The predicted molar refractivity (Wildman–Crippen MR) is 77.2 cm³/mol. The van der Waals surface area contributed by atoms with Gasteiger partial charge in [0.15, 0.2) is 6.73 Å². The molecule has 0 bridgehead atoms. The Kier molecular flexibility index (Phi) is 4.68. The topological polar surface area (TPSA) is 70.6 Å².